The molecule has 6 nitrogen and oxygen atoms in total. The monoisotopic (exact) mass is 386 g/mol. The SMILES string of the molecule is CCOC(=O)c1c(NC(=O)CON=Cc2ccccc2)sc2c1CCCC2. The molecular formula is C20H22N2O4S. The van der Waals surface area contributed by atoms with Crippen LogP contribution in [0.5, 0.6) is 0 Å². The third-order valence-corrected chi connectivity index (χ3v) is 5.38. The highest BCUT2D eigenvalue weighted by Gasteiger charge is 2.27. The zero-order valence-electron chi connectivity index (χ0n) is 15.2. The lowest BCUT2D eigenvalue weighted by Gasteiger charge is -2.12. The van der Waals surface area contributed by atoms with Crippen molar-refractivity contribution >= 4 is 34.4 Å². The Balaban J connectivity index is 1.64. The molecule has 7 heteroatoms. The number of thiophene rings is 1. The van der Waals surface area contributed by atoms with E-state index in [-0.39, 0.29) is 18.5 Å². The topological polar surface area (TPSA) is 77.0 Å². The van der Waals surface area contributed by atoms with E-state index in [4.69, 9.17) is 9.57 Å². The molecule has 27 heavy (non-hydrogen) atoms. The number of anilines is 1. The fourth-order valence-corrected chi connectivity index (χ4v) is 4.26. The number of nitrogens with zero attached hydrogens (tertiary/aromatic N) is 1. The number of carbonyl (C=O) groups excluding carboxylic acids is 2. The van der Waals surface area contributed by atoms with E-state index in [1.807, 2.05) is 30.3 Å². The molecular weight excluding hydrogens is 364 g/mol. The van der Waals surface area contributed by atoms with Gasteiger partial charge in [-0.2, -0.15) is 0 Å². The van der Waals surface area contributed by atoms with E-state index in [0.29, 0.717) is 17.2 Å². The lowest BCUT2D eigenvalue weighted by Crippen LogP contribution is -2.19. The van der Waals surface area contributed by atoms with Crippen LogP contribution in [-0.4, -0.2) is 31.3 Å². The second kappa shape index (κ2) is 9.32. The first kappa shape index (κ1) is 19.1. The zero-order valence-corrected chi connectivity index (χ0v) is 16.0. The van der Waals surface area contributed by atoms with Crippen molar-refractivity contribution in [1.82, 2.24) is 0 Å². The Morgan fingerprint density at radius 2 is 2.00 bits per heavy atom. The zero-order chi connectivity index (χ0) is 19.1. The minimum absolute atomic E-state index is 0.228. The van der Waals surface area contributed by atoms with E-state index in [0.717, 1.165) is 41.7 Å². The quantitative estimate of drug-likeness (QED) is 0.446. The third-order valence-electron chi connectivity index (χ3n) is 4.18. The number of hydrogen-bond donors (Lipinski definition) is 1. The second-order valence-electron chi connectivity index (χ2n) is 6.10. The molecule has 0 saturated heterocycles. The number of aryl methyl sites for hydroxylation is 1. The van der Waals surface area contributed by atoms with Crippen LogP contribution in [0.3, 0.4) is 0 Å². The number of carbonyl (C=O) groups is 2. The number of amides is 1. The predicted molar refractivity (Wildman–Crippen MR) is 106 cm³/mol. The van der Waals surface area contributed by atoms with Gasteiger partial charge < -0.3 is 14.9 Å². The minimum Gasteiger partial charge on any atom is -0.462 e. The molecule has 1 N–H and O–H groups in total. The Morgan fingerprint density at radius 3 is 2.78 bits per heavy atom. The average molecular weight is 386 g/mol. The van der Waals surface area contributed by atoms with Gasteiger partial charge in [0.15, 0.2) is 6.61 Å². The van der Waals surface area contributed by atoms with E-state index < -0.39 is 0 Å². The number of esters is 1. The van der Waals surface area contributed by atoms with Crippen molar-refractivity contribution < 1.29 is 19.2 Å². The summed E-state index contributed by atoms with van der Waals surface area (Å²) in [5, 5.41) is 7.13. The predicted octanol–water partition coefficient (Wildman–Crippen LogP) is 3.79. The van der Waals surface area contributed by atoms with Gasteiger partial charge >= 0.3 is 5.97 Å². The van der Waals surface area contributed by atoms with Crippen molar-refractivity contribution in [2.45, 2.75) is 32.6 Å². The summed E-state index contributed by atoms with van der Waals surface area (Å²) in [5.74, 6) is -0.737. The normalized spacial score (nSPS) is 13.2. The van der Waals surface area contributed by atoms with Crippen molar-refractivity contribution in [3.63, 3.8) is 0 Å². The number of oxime groups is 1. The summed E-state index contributed by atoms with van der Waals surface area (Å²) in [4.78, 5) is 30.8. The number of fused-ring (bicyclic) bond motifs is 1. The van der Waals surface area contributed by atoms with Gasteiger partial charge in [0, 0.05) is 4.88 Å². The van der Waals surface area contributed by atoms with Crippen molar-refractivity contribution in [2.24, 2.45) is 5.16 Å². The lowest BCUT2D eigenvalue weighted by molar-refractivity contribution is -0.120. The molecule has 0 spiro atoms. The average Bonchev–Trinajstić information content (AvgIpc) is 3.04. The number of benzene rings is 1. The van der Waals surface area contributed by atoms with E-state index in [1.54, 1.807) is 13.1 Å². The standard InChI is InChI=1S/C20H22N2O4S/c1-2-25-20(24)18-15-10-6-7-11-16(15)27-19(18)22-17(23)13-26-21-12-14-8-4-3-5-9-14/h3-5,8-9,12H,2,6-7,10-11,13H2,1H3,(H,22,23). The van der Waals surface area contributed by atoms with Crippen molar-refractivity contribution in [3.05, 3.63) is 51.9 Å². The maximum absolute atomic E-state index is 12.4. The summed E-state index contributed by atoms with van der Waals surface area (Å²) in [6.07, 6.45) is 5.45. The molecule has 0 atom stereocenters. The molecule has 0 fully saturated rings. The number of hydrogen-bond acceptors (Lipinski definition) is 6. The summed E-state index contributed by atoms with van der Waals surface area (Å²) < 4.78 is 5.18. The fraction of sp³-hybridized carbons (Fsp3) is 0.350. The van der Waals surface area contributed by atoms with Crippen LogP contribution < -0.4 is 5.32 Å². The molecule has 0 radical (unpaired) electrons. The van der Waals surface area contributed by atoms with Gasteiger partial charge in [-0.1, -0.05) is 35.5 Å². The van der Waals surface area contributed by atoms with Crippen molar-refractivity contribution in [1.29, 1.82) is 0 Å². The van der Waals surface area contributed by atoms with Gasteiger partial charge in [-0.3, -0.25) is 4.79 Å². The summed E-state index contributed by atoms with van der Waals surface area (Å²) in [6, 6.07) is 9.46. The largest absolute Gasteiger partial charge is 0.462 e. The molecule has 0 saturated carbocycles. The van der Waals surface area contributed by atoms with Crippen LogP contribution in [0, 0.1) is 0 Å². The van der Waals surface area contributed by atoms with E-state index in [1.165, 1.54) is 11.3 Å². The summed E-state index contributed by atoms with van der Waals surface area (Å²) in [5.41, 5.74) is 2.40. The molecule has 1 aliphatic carbocycles. The van der Waals surface area contributed by atoms with Crippen LogP contribution in [0.1, 0.15) is 46.1 Å². The van der Waals surface area contributed by atoms with E-state index >= 15 is 0 Å². The fourth-order valence-electron chi connectivity index (χ4n) is 2.97. The van der Waals surface area contributed by atoms with Crippen LogP contribution in [0.4, 0.5) is 5.00 Å². The first-order valence-electron chi connectivity index (χ1n) is 9.01. The molecule has 0 bridgehead atoms. The van der Waals surface area contributed by atoms with Gasteiger partial charge in [0.25, 0.3) is 5.91 Å². The highest BCUT2D eigenvalue weighted by Crippen LogP contribution is 2.38. The maximum Gasteiger partial charge on any atom is 0.341 e. The molecule has 1 amide bonds. The number of rotatable bonds is 7. The molecule has 142 valence electrons. The molecule has 1 aromatic carbocycles. The Morgan fingerprint density at radius 1 is 1.22 bits per heavy atom. The Labute approximate surface area is 162 Å². The Bertz CT molecular complexity index is 830. The van der Waals surface area contributed by atoms with Crippen LogP contribution in [-0.2, 0) is 27.2 Å². The van der Waals surface area contributed by atoms with Crippen LogP contribution in [0.15, 0.2) is 35.5 Å². The van der Waals surface area contributed by atoms with Crippen LogP contribution in [0.2, 0.25) is 0 Å². The maximum atomic E-state index is 12.4. The Kier molecular flexibility index (Phi) is 6.59. The summed E-state index contributed by atoms with van der Waals surface area (Å²) in [6.45, 7) is 1.84. The first-order chi connectivity index (χ1) is 13.2. The number of ether oxygens (including phenoxy) is 1. The smallest absolute Gasteiger partial charge is 0.341 e. The minimum atomic E-state index is -0.379. The van der Waals surface area contributed by atoms with Gasteiger partial charge in [-0.15, -0.1) is 11.3 Å². The summed E-state index contributed by atoms with van der Waals surface area (Å²) >= 11 is 1.45. The second-order valence-corrected chi connectivity index (χ2v) is 7.21. The summed E-state index contributed by atoms with van der Waals surface area (Å²) in [7, 11) is 0. The van der Waals surface area contributed by atoms with Crippen LogP contribution in [0.25, 0.3) is 0 Å². The van der Waals surface area contributed by atoms with Crippen LogP contribution >= 0.6 is 11.3 Å². The van der Waals surface area contributed by atoms with Gasteiger partial charge in [-0.05, 0) is 43.7 Å². The Hall–Kier alpha value is -2.67. The van der Waals surface area contributed by atoms with E-state index in [9.17, 15) is 9.59 Å². The van der Waals surface area contributed by atoms with Crippen molar-refractivity contribution in [3.8, 4) is 0 Å². The van der Waals surface area contributed by atoms with Gasteiger partial charge in [0.2, 0.25) is 0 Å². The lowest BCUT2D eigenvalue weighted by atomic mass is 9.95. The van der Waals surface area contributed by atoms with E-state index in [2.05, 4.69) is 10.5 Å². The molecule has 1 aliphatic rings. The molecule has 0 aliphatic heterocycles. The van der Waals surface area contributed by atoms with Gasteiger partial charge in [-0.25, -0.2) is 4.79 Å². The molecule has 2 aromatic rings. The van der Waals surface area contributed by atoms with Crippen molar-refractivity contribution in [2.75, 3.05) is 18.5 Å². The van der Waals surface area contributed by atoms with Gasteiger partial charge in [0.1, 0.15) is 5.00 Å². The highest BCUT2D eigenvalue weighted by atomic mass is 32.1. The molecule has 0 unspecified atom stereocenters. The third kappa shape index (κ3) is 4.95. The first-order valence-corrected chi connectivity index (χ1v) is 9.82. The molecule has 1 heterocycles. The molecule has 3 rings (SSSR count). The number of nitrogens with one attached hydrogen (secondary N) is 1. The van der Waals surface area contributed by atoms with Gasteiger partial charge in [0.05, 0.1) is 18.4 Å². The highest BCUT2D eigenvalue weighted by molar-refractivity contribution is 7.17. The molecule has 1 aromatic heterocycles.